The summed E-state index contributed by atoms with van der Waals surface area (Å²) in [5, 5.41) is 2.83. The summed E-state index contributed by atoms with van der Waals surface area (Å²) in [6.07, 6.45) is 6.52. The predicted molar refractivity (Wildman–Crippen MR) is 100 cm³/mol. The van der Waals surface area contributed by atoms with E-state index in [0.29, 0.717) is 31.7 Å². The van der Waals surface area contributed by atoms with Gasteiger partial charge in [-0.3, -0.25) is 9.59 Å². The molecule has 26 heavy (non-hydrogen) atoms. The molecule has 3 rings (SSSR count). The number of hydrogen-bond donors (Lipinski definition) is 2. The summed E-state index contributed by atoms with van der Waals surface area (Å²) in [6.45, 7) is 2.05. The largest absolute Gasteiger partial charge is 0.490 e. The highest BCUT2D eigenvalue weighted by Crippen LogP contribution is 2.25. The Bertz CT molecular complexity index is 628. The lowest BCUT2D eigenvalue weighted by Gasteiger charge is -2.32. The number of nitrogens with zero attached hydrogens (tertiary/aromatic N) is 1. The fourth-order valence-electron chi connectivity index (χ4n) is 3.80. The molecule has 2 fully saturated rings. The first-order chi connectivity index (χ1) is 12.7. The van der Waals surface area contributed by atoms with Crippen LogP contribution in [-0.2, 0) is 4.79 Å². The smallest absolute Gasteiger partial charge is 0.254 e. The fraction of sp³-hybridized carbons (Fsp3) is 0.600. The summed E-state index contributed by atoms with van der Waals surface area (Å²) in [7, 11) is 0. The molecule has 1 saturated heterocycles. The highest BCUT2D eigenvalue weighted by molar-refractivity contribution is 5.95. The van der Waals surface area contributed by atoms with Gasteiger partial charge in [-0.2, -0.15) is 0 Å². The second-order valence-electron chi connectivity index (χ2n) is 7.22. The summed E-state index contributed by atoms with van der Waals surface area (Å²) in [4.78, 5) is 26.9. The number of benzene rings is 1. The van der Waals surface area contributed by atoms with Gasteiger partial charge in [0.1, 0.15) is 5.75 Å². The lowest BCUT2D eigenvalue weighted by atomic mass is 9.96. The number of nitrogens with one attached hydrogen (secondary N) is 1. The summed E-state index contributed by atoms with van der Waals surface area (Å²) in [5.74, 6) is 0.568. The van der Waals surface area contributed by atoms with E-state index in [1.807, 2.05) is 24.3 Å². The molecule has 1 aromatic rings. The van der Waals surface area contributed by atoms with Crippen LogP contribution < -0.4 is 15.8 Å². The standard InChI is InChI=1S/C20H29N3O3/c21-10-11-22-19(24)16-6-4-12-23(14-16)20(25)15-5-3-9-18(13-15)26-17-7-1-2-8-17/h3,5,9,13,16-17H,1-2,4,6-8,10-12,14,21H2,(H,22,24). The van der Waals surface area contributed by atoms with Gasteiger partial charge in [0.25, 0.3) is 5.91 Å². The highest BCUT2D eigenvalue weighted by Gasteiger charge is 2.29. The Labute approximate surface area is 155 Å². The number of rotatable bonds is 6. The van der Waals surface area contributed by atoms with Crippen LogP contribution in [0.3, 0.4) is 0 Å². The van der Waals surface area contributed by atoms with Crippen molar-refractivity contribution in [3.8, 4) is 5.75 Å². The average Bonchev–Trinajstić information content (AvgIpc) is 3.19. The van der Waals surface area contributed by atoms with Crippen molar-refractivity contribution in [3.63, 3.8) is 0 Å². The van der Waals surface area contributed by atoms with Gasteiger partial charge in [-0.15, -0.1) is 0 Å². The SMILES string of the molecule is NCCNC(=O)C1CCCN(C(=O)c2cccc(OC3CCCC3)c2)C1. The third-order valence-electron chi connectivity index (χ3n) is 5.21. The van der Waals surface area contributed by atoms with E-state index in [9.17, 15) is 9.59 Å². The quantitative estimate of drug-likeness (QED) is 0.813. The number of likely N-dealkylation sites (tertiary alicyclic amines) is 1. The Morgan fingerprint density at radius 1 is 1.19 bits per heavy atom. The van der Waals surface area contributed by atoms with Crippen molar-refractivity contribution < 1.29 is 14.3 Å². The fourth-order valence-corrected chi connectivity index (χ4v) is 3.80. The lowest BCUT2D eigenvalue weighted by Crippen LogP contribution is -2.46. The van der Waals surface area contributed by atoms with Crippen molar-refractivity contribution in [2.75, 3.05) is 26.2 Å². The highest BCUT2D eigenvalue weighted by atomic mass is 16.5. The van der Waals surface area contributed by atoms with E-state index in [-0.39, 0.29) is 23.8 Å². The van der Waals surface area contributed by atoms with E-state index in [1.54, 1.807) is 4.90 Å². The molecule has 6 nitrogen and oxygen atoms in total. The zero-order valence-corrected chi connectivity index (χ0v) is 15.3. The Kier molecular flexibility index (Phi) is 6.50. The average molecular weight is 359 g/mol. The molecular weight excluding hydrogens is 330 g/mol. The summed E-state index contributed by atoms with van der Waals surface area (Å²) < 4.78 is 6.01. The van der Waals surface area contributed by atoms with Gasteiger partial charge in [0.15, 0.2) is 0 Å². The van der Waals surface area contributed by atoms with Gasteiger partial charge < -0.3 is 20.7 Å². The van der Waals surface area contributed by atoms with E-state index in [4.69, 9.17) is 10.5 Å². The second-order valence-corrected chi connectivity index (χ2v) is 7.22. The first-order valence-electron chi connectivity index (χ1n) is 9.71. The van der Waals surface area contributed by atoms with E-state index >= 15 is 0 Å². The summed E-state index contributed by atoms with van der Waals surface area (Å²) in [5.41, 5.74) is 6.07. The maximum atomic E-state index is 12.9. The van der Waals surface area contributed by atoms with Crippen LogP contribution in [0.15, 0.2) is 24.3 Å². The van der Waals surface area contributed by atoms with Gasteiger partial charge >= 0.3 is 0 Å². The molecule has 0 aromatic heterocycles. The Hall–Kier alpha value is -2.08. The normalized spacial score (nSPS) is 20.8. The molecule has 1 aliphatic heterocycles. The zero-order chi connectivity index (χ0) is 18.4. The summed E-state index contributed by atoms with van der Waals surface area (Å²) in [6, 6.07) is 7.43. The van der Waals surface area contributed by atoms with Crippen molar-refractivity contribution >= 4 is 11.8 Å². The van der Waals surface area contributed by atoms with Gasteiger partial charge in [0.2, 0.25) is 5.91 Å². The Morgan fingerprint density at radius 3 is 2.77 bits per heavy atom. The molecule has 1 saturated carbocycles. The molecule has 1 heterocycles. The van der Waals surface area contributed by atoms with Crippen molar-refractivity contribution in [1.82, 2.24) is 10.2 Å². The molecule has 1 unspecified atom stereocenters. The van der Waals surface area contributed by atoms with Crippen LogP contribution in [0.4, 0.5) is 0 Å². The van der Waals surface area contributed by atoms with Gasteiger partial charge in [-0.05, 0) is 56.7 Å². The number of hydrogen-bond acceptors (Lipinski definition) is 4. The van der Waals surface area contributed by atoms with E-state index in [2.05, 4.69) is 5.32 Å². The van der Waals surface area contributed by atoms with Crippen LogP contribution in [0, 0.1) is 5.92 Å². The molecule has 0 bridgehead atoms. The topological polar surface area (TPSA) is 84.7 Å². The van der Waals surface area contributed by atoms with Crippen molar-refractivity contribution in [3.05, 3.63) is 29.8 Å². The van der Waals surface area contributed by atoms with E-state index in [1.165, 1.54) is 12.8 Å². The van der Waals surface area contributed by atoms with Gasteiger partial charge in [-0.25, -0.2) is 0 Å². The summed E-state index contributed by atoms with van der Waals surface area (Å²) >= 11 is 0. The minimum absolute atomic E-state index is 0.00809. The maximum absolute atomic E-state index is 12.9. The van der Waals surface area contributed by atoms with Gasteiger partial charge in [0.05, 0.1) is 12.0 Å². The van der Waals surface area contributed by atoms with Crippen LogP contribution in [-0.4, -0.2) is 49.0 Å². The predicted octanol–water partition coefficient (Wildman–Crippen LogP) is 1.94. The molecule has 1 atom stereocenters. The maximum Gasteiger partial charge on any atom is 0.254 e. The van der Waals surface area contributed by atoms with Crippen LogP contribution in [0.5, 0.6) is 5.75 Å². The van der Waals surface area contributed by atoms with Crippen molar-refractivity contribution in [2.24, 2.45) is 11.7 Å². The number of carbonyl (C=O) groups excluding carboxylic acids is 2. The molecule has 1 aromatic carbocycles. The van der Waals surface area contributed by atoms with Crippen molar-refractivity contribution in [1.29, 1.82) is 0 Å². The molecule has 0 radical (unpaired) electrons. The first-order valence-corrected chi connectivity index (χ1v) is 9.71. The molecule has 142 valence electrons. The number of piperidine rings is 1. The molecule has 3 N–H and O–H groups in total. The monoisotopic (exact) mass is 359 g/mol. The lowest BCUT2D eigenvalue weighted by molar-refractivity contribution is -0.126. The van der Waals surface area contributed by atoms with Crippen LogP contribution in [0.1, 0.15) is 48.9 Å². The first kappa shape index (κ1) is 18.7. The van der Waals surface area contributed by atoms with Crippen LogP contribution in [0.2, 0.25) is 0 Å². The molecule has 0 spiro atoms. The number of amides is 2. The number of nitrogens with two attached hydrogens (primary N) is 1. The molecule has 2 amide bonds. The minimum Gasteiger partial charge on any atom is -0.490 e. The van der Waals surface area contributed by atoms with E-state index < -0.39 is 0 Å². The Morgan fingerprint density at radius 2 is 2.00 bits per heavy atom. The van der Waals surface area contributed by atoms with Gasteiger partial charge in [-0.1, -0.05) is 6.07 Å². The number of carbonyl (C=O) groups is 2. The van der Waals surface area contributed by atoms with Crippen molar-refractivity contribution in [2.45, 2.75) is 44.6 Å². The molecule has 1 aliphatic carbocycles. The minimum atomic E-state index is -0.155. The third-order valence-corrected chi connectivity index (χ3v) is 5.21. The number of ether oxygens (including phenoxy) is 1. The van der Waals surface area contributed by atoms with Gasteiger partial charge in [0, 0.05) is 31.7 Å². The van der Waals surface area contributed by atoms with Crippen LogP contribution in [0.25, 0.3) is 0 Å². The van der Waals surface area contributed by atoms with Crippen LogP contribution >= 0.6 is 0 Å². The molecule has 6 heteroatoms. The van der Waals surface area contributed by atoms with E-state index in [0.717, 1.165) is 31.4 Å². The third kappa shape index (κ3) is 4.75. The Balaban J connectivity index is 1.61. The zero-order valence-electron chi connectivity index (χ0n) is 15.3. The molecular formula is C20H29N3O3. The molecule has 2 aliphatic rings. The second kappa shape index (κ2) is 9.03.